The van der Waals surface area contributed by atoms with Crippen LogP contribution < -0.4 is 21.1 Å². The molecule has 0 unspecified atom stereocenters. The van der Waals surface area contributed by atoms with Gasteiger partial charge in [-0.15, -0.1) is 0 Å². The van der Waals surface area contributed by atoms with Gasteiger partial charge in [0.2, 0.25) is 5.88 Å². The molecule has 0 radical (unpaired) electrons. The topological polar surface area (TPSA) is 123 Å². The number of ether oxygens (including phenoxy) is 1. The summed E-state index contributed by atoms with van der Waals surface area (Å²) in [6.45, 7) is 0.434. The van der Waals surface area contributed by atoms with Crippen LogP contribution in [0, 0.1) is 5.82 Å². The minimum Gasteiger partial charge on any atom is -0.480 e. The zero-order chi connectivity index (χ0) is 19.3. The van der Waals surface area contributed by atoms with E-state index in [1.165, 1.54) is 13.4 Å². The summed E-state index contributed by atoms with van der Waals surface area (Å²) in [6, 6.07) is 1.31. The van der Waals surface area contributed by atoms with E-state index in [4.69, 9.17) is 10.5 Å². The van der Waals surface area contributed by atoms with Crippen LogP contribution in [0.3, 0.4) is 0 Å². The van der Waals surface area contributed by atoms with E-state index in [1.54, 1.807) is 0 Å². The third kappa shape index (κ3) is 5.80. The second-order valence-corrected chi connectivity index (χ2v) is 8.78. The van der Waals surface area contributed by atoms with Crippen molar-refractivity contribution >= 4 is 21.6 Å². The summed E-state index contributed by atoms with van der Waals surface area (Å²) >= 11 is 0. The number of hydrogen-bond acceptors (Lipinski definition) is 7. The summed E-state index contributed by atoms with van der Waals surface area (Å²) in [4.78, 5) is 15.3. The van der Waals surface area contributed by atoms with Crippen molar-refractivity contribution in [1.29, 1.82) is 0 Å². The Morgan fingerprint density at radius 2 is 1.96 bits per heavy atom. The third-order valence-electron chi connectivity index (χ3n) is 4.37. The molecule has 1 saturated carbocycles. The Bertz CT molecular complexity index is 749. The highest BCUT2D eigenvalue weighted by molar-refractivity contribution is 7.90. The van der Waals surface area contributed by atoms with Crippen molar-refractivity contribution in [1.82, 2.24) is 10.3 Å². The number of pyridine rings is 1. The van der Waals surface area contributed by atoms with Crippen molar-refractivity contribution in [3.8, 4) is 5.88 Å². The second-order valence-electron chi connectivity index (χ2n) is 6.52. The van der Waals surface area contributed by atoms with Crippen molar-refractivity contribution < 1.29 is 22.3 Å². The van der Waals surface area contributed by atoms with Gasteiger partial charge in [0.15, 0.2) is 11.6 Å². The molecule has 4 N–H and O–H groups in total. The molecule has 8 nitrogen and oxygen atoms in total. The number of nitrogens with zero attached hydrogens (tertiary/aromatic N) is 1. The maximum absolute atomic E-state index is 14.2. The van der Waals surface area contributed by atoms with Gasteiger partial charge in [0, 0.05) is 24.9 Å². The van der Waals surface area contributed by atoms with Crippen molar-refractivity contribution in [3.05, 3.63) is 17.4 Å². The van der Waals surface area contributed by atoms with Gasteiger partial charge < -0.3 is 21.1 Å². The Morgan fingerprint density at radius 3 is 2.50 bits per heavy atom. The van der Waals surface area contributed by atoms with Gasteiger partial charge in [-0.3, -0.25) is 4.79 Å². The van der Waals surface area contributed by atoms with Crippen molar-refractivity contribution in [2.75, 3.05) is 31.0 Å². The lowest BCUT2D eigenvalue weighted by Gasteiger charge is -2.30. The fourth-order valence-corrected chi connectivity index (χ4v) is 3.48. The highest BCUT2D eigenvalue weighted by Gasteiger charge is 2.23. The molecule has 26 heavy (non-hydrogen) atoms. The van der Waals surface area contributed by atoms with E-state index in [1.807, 2.05) is 0 Å². The van der Waals surface area contributed by atoms with E-state index in [2.05, 4.69) is 15.6 Å². The van der Waals surface area contributed by atoms with Gasteiger partial charge in [-0.05, 0) is 31.7 Å². The number of primary amides is 1. The number of carbonyl (C=O) groups excluding carboxylic acids is 1. The van der Waals surface area contributed by atoms with Gasteiger partial charge in [0.05, 0.1) is 12.9 Å². The molecule has 0 aliphatic heterocycles. The van der Waals surface area contributed by atoms with E-state index in [9.17, 15) is 17.6 Å². The number of hydrogen-bond donors (Lipinski definition) is 3. The van der Waals surface area contributed by atoms with Gasteiger partial charge in [-0.2, -0.15) is 4.98 Å². The number of rotatable bonds is 8. The first kappa shape index (κ1) is 20.4. The van der Waals surface area contributed by atoms with Crippen LogP contribution in [0.15, 0.2) is 6.07 Å². The minimum atomic E-state index is -2.97. The molecule has 0 bridgehead atoms. The average molecular weight is 388 g/mol. The van der Waals surface area contributed by atoms with Crippen molar-refractivity contribution in [3.63, 3.8) is 0 Å². The Labute approximate surface area is 152 Å². The van der Waals surface area contributed by atoms with Crippen LogP contribution in [0.25, 0.3) is 0 Å². The quantitative estimate of drug-likeness (QED) is 0.598. The molecule has 1 aromatic heterocycles. The second kappa shape index (κ2) is 8.63. The van der Waals surface area contributed by atoms with Gasteiger partial charge in [0.1, 0.15) is 15.4 Å². The lowest BCUT2D eigenvalue weighted by Crippen LogP contribution is -2.39. The first-order chi connectivity index (χ1) is 12.2. The van der Waals surface area contributed by atoms with E-state index >= 15 is 0 Å². The lowest BCUT2D eigenvalue weighted by atomic mass is 9.91. The fourth-order valence-electron chi connectivity index (χ4n) is 2.99. The number of carbonyl (C=O) groups is 1. The molecule has 0 aromatic carbocycles. The van der Waals surface area contributed by atoms with E-state index in [0.29, 0.717) is 6.54 Å². The summed E-state index contributed by atoms with van der Waals surface area (Å²) in [5, 5.41) is 6.29. The van der Waals surface area contributed by atoms with E-state index < -0.39 is 21.6 Å². The van der Waals surface area contributed by atoms with E-state index in [-0.39, 0.29) is 35.1 Å². The smallest absolute Gasteiger partial charge is 0.254 e. The minimum absolute atomic E-state index is 0.0162. The summed E-state index contributed by atoms with van der Waals surface area (Å²) in [7, 11) is -1.63. The van der Waals surface area contributed by atoms with Crippen molar-refractivity contribution in [2.45, 2.75) is 37.8 Å². The monoisotopic (exact) mass is 388 g/mol. The van der Waals surface area contributed by atoms with Crippen LogP contribution in [0.1, 0.15) is 36.0 Å². The van der Waals surface area contributed by atoms with Gasteiger partial charge in [-0.1, -0.05) is 0 Å². The van der Waals surface area contributed by atoms with Crippen LogP contribution in [0.5, 0.6) is 5.88 Å². The number of nitrogens with two attached hydrogens (primary N) is 1. The first-order valence-corrected chi connectivity index (χ1v) is 10.5. The summed E-state index contributed by atoms with van der Waals surface area (Å²) in [5.41, 5.74) is 5.08. The molecule has 1 heterocycles. The lowest BCUT2D eigenvalue weighted by molar-refractivity contribution is 0.0996. The van der Waals surface area contributed by atoms with Gasteiger partial charge >= 0.3 is 0 Å². The molecule has 0 atom stereocenters. The Hall–Kier alpha value is -1.94. The Balaban J connectivity index is 1.90. The number of anilines is 1. The molecular formula is C16H25FN4O4S. The SMILES string of the molecule is COc1nc(N[C@H]2CC[C@H](NCCS(C)(=O)=O)CC2)c(F)cc1C(N)=O. The Kier molecular flexibility index (Phi) is 6.76. The number of halogens is 1. The number of methoxy groups -OCH3 is 1. The molecule has 2 rings (SSSR count). The third-order valence-corrected chi connectivity index (χ3v) is 5.32. The molecule has 1 aliphatic rings. The predicted molar refractivity (Wildman–Crippen MR) is 96.6 cm³/mol. The molecule has 0 spiro atoms. The highest BCUT2D eigenvalue weighted by Crippen LogP contribution is 2.26. The normalized spacial score (nSPS) is 20.6. The highest BCUT2D eigenvalue weighted by atomic mass is 32.2. The molecule has 1 aromatic rings. The number of nitrogens with one attached hydrogen (secondary N) is 2. The molecule has 10 heteroatoms. The van der Waals surface area contributed by atoms with Crippen LogP contribution >= 0.6 is 0 Å². The Morgan fingerprint density at radius 1 is 1.35 bits per heavy atom. The van der Waals surface area contributed by atoms with Crippen LogP contribution in [-0.2, 0) is 9.84 Å². The van der Waals surface area contributed by atoms with Crippen LogP contribution in [0.4, 0.5) is 10.2 Å². The molecule has 1 amide bonds. The largest absolute Gasteiger partial charge is 0.480 e. The molecule has 146 valence electrons. The summed E-state index contributed by atoms with van der Waals surface area (Å²) in [6.07, 6.45) is 4.49. The molecule has 1 fully saturated rings. The number of aromatic nitrogens is 1. The van der Waals surface area contributed by atoms with Crippen molar-refractivity contribution in [2.24, 2.45) is 5.73 Å². The zero-order valence-corrected chi connectivity index (χ0v) is 15.7. The first-order valence-electron chi connectivity index (χ1n) is 8.41. The molecule has 1 aliphatic carbocycles. The predicted octanol–water partition coefficient (Wildman–Crippen LogP) is 0.686. The van der Waals surface area contributed by atoms with Gasteiger partial charge in [-0.25, -0.2) is 12.8 Å². The number of amides is 1. The average Bonchev–Trinajstić information content (AvgIpc) is 2.56. The zero-order valence-electron chi connectivity index (χ0n) is 14.9. The molecular weight excluding hydrogens is 363 g/mol. The standard InChI is InChI=1S/C16H25FN4O4S/c1-25-16-12(14(18)22)9-13(17)15(21-16)20-11-5-3-10(4-6-11)19-7-8-26(2,23)24/h9-11,19H,3-8H2,1-2H3,(H2,18,22)(H,20,21)/t10-,11-. The van der Waals surface area contributed by atoms with Gasteiger partial charge in [0.25, 0.3) is 5.91 Å². The summed E-state index contributed by atoms with van der Waals surface area (Å²) in [5.74, 6) is -1.34. The maximum Gasteiger partial charge on any atom is 0.254 e. The van der Waals surface area contributed by atoms with Crippen LogP contribution in [0.2, 0.25) is 0 Å². The van der Waals surface area contributed by atoms with Crippen LogP contribution in [-0.4, -0.2) is 57.1 Å². The molecule has 0 saturated heterocycles. The summed E-state index contributed by atoms with van der Waals surface area (Å²) < 4.78 is 41.5. The van der Waals surface area contributed by atoms with E-state index in [0.717, 1.165) is 31.7 Å². The fraction of sp³-hybridized carbons (Fsp3) is 0.625. The number of sulfone groups is 1. The maximum atomic E-state index is 14.2.